The summed E-state index contributed by atoms with van der Waals surface area (Å²) in [5.41, 5.74) is 1.73. The predicted molar refractivity (Wildman–Crippen MR) is 114 cm³/mol. The normalized spacial score (nSPS) is 13.6. The van der Waals surface area contributed by atoms with Gasteiger partial charge in [-0.05, 0) is 30.7 Å². The maximum absolute atomic E-state index is 12.5. The molecular formula is C22H15N5O3S. The Labute approximate surface area is 179 Å². The predicted octanol–water partition coefficient (Wildman–Crippen LogP) is 3.83. The Kier molecular flexibility index (Phi) is 3.97. The molecule has 8 nitrogen and oxygen atoms in total. The first-order valence-corrected chi connectivity index (χ1v) is 10.7. The summed E-state index contributed by atoms with van der Waals surface area (Å²) in [7, 11) is 0. The summed E-state index contributed by atoms with van der Waals surface area (Å²) in [6, 6.07) is 16.6. The number of nitrogens with zero attached hydrogens (tertiary/aromatic N) is 5. The quantitative estimate of drug-likeness (QED) is 0.394. The van der Waals surface area contributed by atoms with E-state index in [0.29, 0.717) is 47.1 Å². The summed E-state index contributed by atoms with van der Waals surface area (Å²) in [5, 5.41) is 14.9. The molecule has 4 heterocycles. The minimum atomic E-state index is -0.231. The van der Waals surface area contributed by atoms with Gasteiger partial charge in [0.1, 0.15) is 10.6 Å². The third kappa shape index (κ3) is 2.85. The van der Waals surface area contributed by atoms with Crippen LogP contribution in [0.2, 0.25) is 0 Å². The molecule has 9 heteroatoms. The van der Waals surface area contributed by atoms with E-state index in [-0.39, 0.29) is 11.8 Å². The SMILES string of the molecule is O=C1c2ccccc2C(=O)N1CCCc1nn2c(-c3cc4ccccc4o3)nnc2s1. The van der Waals surface area contributed by atoms with Crippen LogP contribution < -0.4 is 0 Å². The Bertz CT molecular complexity index is 1410. The average molecular weight is 429 g/mol. The van der Waals surface area contributed by atoms with E-state index in [4.69, 9.17) is 4.42 Å². The second kappa shape index (κ2) is 6.85. The molecular weight excluding hydrogens is 414 g/mol. The number of furan rings is 1. The molecule has 0 unspecified atom stereocenters. The lowest BCUT2D eigenvalue weighted by molar-refractivity contribution is 0.0652. The number of hydrogen-bond donors (Lipinski definition) is 0. The van der Waals surface area contributed by atoms with Gasteiger partial charge in [-0.15, -0.1) is 10.2 Å². The van der Waals surface area contributed by atoms with E-state index in [9.17, 15) is 9.59 Å². The number of carbonyl (C=O) groups excluding carboxylic acids is 2. The highest BCUT2D eigenvalue weighted by Crippen LogP contribution is 2.28. The monoisotopic (exact) mass is 429 g/mol. The van der Waals surface area contributed by atoms with E-state index in [0.717, 1.165) is 16.0 Å². The van der Waals surface area contributed by atoms with Crippen molar-refractivity contribution in [3.05, 3.63) is 70.7 Å². The molecule has 5 aromatic rings. The summed E-state index contributed by atoms with van der Waals surface area (Å²) in [5.74, 6) is 0.697. The van der Waals surface area contributed by atoms with Gasteiger partial charge in [0.25, 0.3) is 11.8 Å². The van der Waals surface area contributed by atoms with E-state index < -0.39 is 0 Å². The van der Waals surface area contributed by atoms with Crippen molar-refractivity contribution in [2.24, 2.45) is 0 Å². The molecule has 152 valence electrons. The van der Waals surface area contributed by atoms with Crippen LogP contribution in [0.25, 0.3) is 27.5 Å². The van der Waals surface area contributed by atoms with Crippen molar-refractivity contribution in [1.29, 1.82) is 0 Å². The number of benzene rings is 2. The molecule has 0 atom stereocenters. The number of rotatable bonds is 5. The number of imide groups is 1. The Hall–Kier alpha value is -3.85. The van der Waals surface area contributed by atoms with E-state index >= 15 is 0 Å². The summed E-state index contributed by atoms with van der Waals surface area (Å²) < 4.78 is 7.57. The van der Waals surface area contributed by atoms with Crippen molar-refractivity contribution in [3.63, 3.8) is 0 Å². The lowest BCUT2D eigenvalue weighted by atomic mass is 10.1. The molecule has 1 aliphatic rings. The second-order valence-electron chi connectivity index (χ2n) is 7.27. The lowest BCUT2D eigenvalue weighted by Crippen LogP contribution is -2.30. The van der Waals surface area contributed by atoms with Gasteiger partial charge in [0, 0.05) is 18.4 Å². The minimum absolute atomic E-state index is 0.231. The standard InChI is InChI=1S/C22H15N5O3S/c28-20-14-7-2-3-8-15(14)21(29)26(20)11-5-10-18-25-27-19(23-24-22(27)31-18)17-12-13-6-1-4-9-16(13)30-17/h1-4,6-9,12H,5,10-11H2. The summed E-state index contributed by atoms with van der Waals surface area (Å²) in [4.78, 5) is 27.0. The third-order valence-corrected chi connectivity index (χ3v) is 6.29. The van der Waals surface area contributed by atoms with Gasteiger partial charge in [-0.1, -0.05) is 41.7 Å². The average Bonchev–Trinajstić information content (AvgIpc) is 3.52. The molecule has 0 spiro atoms. The van der Waals surface area contributed by atoms with E-state index in [1.165, 1.54) is 16.2 Å². The molecule has 0 bridgehead atoms. The number of carbonyl (C=O) groups is 2. The van der Waals surface area contributed by atoms with Crippen molar-refractivity contribution >= 4 is 39.1 Å². The van der Waals surface area contributed by atoms with Crippen LogP contribution in [0, 0.1) is 0 Å². The molecule has 0 radical (unpaired) electrons. The molecule has 0 saturated carbocycles. The van der Waals surface area contributed by atoms with Crippen molar-refractivity contribution < 1.29 is 14.0 Å². The first-order valence-electron chi connectivity index (χ1n) is 9.84. The maximum Gasteiger partial charge on any atom is 0.261 e. The molecule has 2 aromatic carbocycles. The smallest absolute Gasteiger partial charge is 0.261 e. The van der Waals surface area contributed by atoms with Crippen molar-refractivity contribution in [2.75, 3.05) is 6.54 Å². The summed E-state index contributed by atoms with van der Waals surface area (Å²) in [6.07, 6.45) is 1.25. The van der Waals surface area contributed by atoms with E-state index in [1.54, 1.807) is 28.8 Å². The topological polar surface area (TPSA) is 93.6 Å². The fourth-order valence-electron chi connectivity index (χ4n) is 3.83. The van der Waals surface area contributed by atoms with Crippen LogP contribution in [0.4, 0.5) is 0 Å². The molecule has 0 N–H and O–H groups in total. The minimum Gasteiger partial charge on any atom is -0.453 e. The van der Waals surface area contributed by atoms with Crippen LogP contribution in [0.1, 0.15) is 32.1 Å². The fraction of sp³-hybridized carbons (Fsp3) is 0.136. The zero-order valence-electron chi connectivity index (χ0n) is 16.2. The van der Waals surface area contributed by atoms with E-state index in [1.807, 2.05) is 30.3 Å². The molecule has 0 fully saturated rings. The van der Waals surface area contributed by atoms with Crippen LogP contribution in [0.3, 0.4) is 0 Å². The van der Waals surface area contributed by atoms with E-state index in [2.05, 4.69) is 15.3 Å². The van der Waals surface area contributed by atoms with Crippen LogP contribution in [0.15, 0.2) is 59.0 Å². The van der Waals surface area contributed by atoms with Gasteiger partial charge < -0.3 is 4.42 Å². The zero-order valence-corrected chi connectivity index (χ0v) is 17.0. The number of fused-ring (bicyclic) bond motifs is 3. The van der Waals surface area contributed by atoms with Crippen molar-refractivity contribution in [2.45, 2.75) is 12.8 Å². The molecule has 0 saturated heterocycles. The van der Waals surface area contributed by atoms with Crippen LogP contribution >= 0.6 is 11.3 Å². The summed E-state index contributed by atoms with van der Waals surface area (Å²) in [6.45, 7) is 0.350. The molecule has 2 amide bonds. The maximum atomic E-state index is 12.5. The van der Waals surface area contributed by atoms with Gasteiger partial charge in [0.15, 0.2) is 5.76 Å². The highest BCUT2D eigenvalue weighted by Gasteiger charge is 2.34. The van der Waals surface area contributed by atoms with Crippen LogP contribution in [-0.4, -0.2) is 43.1 Å². The number of hydrogen-bond acceptors (Lipinski definition) is 7. The number of aromatic nitrogens is 4. The highest BCUT2D eigenvalue weighted by molar-refractivity contribution is 7.16. The first-order chi connectivity index (χ1) is 15.2. The van der Waals surface area contributed by atoms with Gasteiger partial charge in [0.2, 0.25) is 10.8 Å². The fourth-order valence-corrected chi connectivity index (χ4v) is 4.71. The first kappa shape index (κ1) is 18.0. The Morgan fingerprint density at radius 3 is 2.45 bits per heavy atom. The number of para-hydroxylation sites is 1. The van der Waals surface area contributed by atoms with Gasteiger partial charge in [-0.25, -0.2) is 0 Å². The molecule has 3 aromatic heterocycles. The third-order valence-electron chi connectivity index (χ3n) is 5.33. The molecule has 0 aliphatic carbocycles. The number of aryl methyl sites for hydroxylation is 1. The summed E-state index contributed by atoms with van der Waals surface area (Å²) >= 11 is 1.44. The van der Waals surface area contributed by atoms with Gasteiger partial charge in [-0.2, -0.15) is 9.61 Å². The Balaban J connectivity index is 1.19. The van der Waals surface area contributed by atoms with Gasteiger partial charge in [0.05, 0.1) is 11.1 Å². The second-order valence-corrected chi connectivity index (χ2v) is 8.31. The van der Waals surface area contributed by atoms with Crippen LogP contribution in [0.5, 0.6) is 0 Å². The lowest BCUT2D eigenvalue weighted by Gasteiger charge is -2.12. The van der Waals surface area contributed by atoms with Crippen molar-refractivity contribution in [1.82, 2.24) is 24.7 Å². The van der Waals surface area contributed by atoms with Gasteiger partial charge >= 0.3 is 0 Å². The largest absolute Gasteiger partial charge is 0.453 e. The van der Waals surface area contributed by atoms with Crippen LogP contribution in [-0.2, 0) is 6.42 Å². The zero-order chi connectivity index (χ0) is 20.9. The molecule has 6 rings (SSSR count). The molecule has 1 aliphatic heterocycles. The molecule has 31 heavy (non-hydrogen) atoms. The Morgan fingerprint density at radius 1 is 0.935 bits per heavy atom. The van der Waals surface area contributed by atoms with Crippen molar-refractivity contribution in [3.8, 4) is 11.6 Å². The highest BCUT2D eigenvalue weighted by atomic mass is 32.1. The number of amides is 2. The van der Waals surface area contributed by atoms with Gasteiger partial charge in [-0.3, -0.25) is 14.5 Å². The Morgan fingerprint density at radius 2 is 1.68 bits per heavy atom.